The molecule has 0 aliphatic rings. The molecule has 0 aliphatic heterocycles. The summed E-state index contributed by atoms with van der Waals surface area (Å²) in [5.41, 5.74) is -0.490. The monoisotopic (exact) mass is 192 g/mol. The van der Waals surface area contributed by atoms with Crippen LogP contribution in [0.4, 0.5) is 0 Å². The van der Waals surface area contributed by atoms with Crippen LogP contribution in [0.1, 0.15) is 47.5 Å². The number of aliphatic hydroxyl groups is 1. The largest absolute Gasteiger partial charge is 0.390 e. The zero-order valence-corrected chi connectivity index (χ0v) is 9.50. The minimum Gasteiger partial charge on any atom is -0.390 e. The third-order valence-corrected chi connectivity index (χ3v) is 2.06. The lowest BCUT2D eigenvalue weighted by Crippen LogP contribution is -2.28. The standard InChI is InChI=1S/C8H18O.C2H6O2/c1-5-6-7(2)8(3,4)9;1-2-4-3/h7,9H,5-6H2,1-4H3;3H,2H2,1H3. The second kappa shape index (κ2) is 8.48. The van der Waals surface area contributed by atoms with Crippen LogP contribution in [0.2, 0.25) is 0 Å². The predicted octanol–water partition coefficient (Wildman–Crippen LogP) is 2.69. The number of hydrogen-bond donors (Lipinski definition) is 2. The Morgan fingerprint density at radius 2 is 1.69 bits per heavy atom. The summed E-state index contributed by atoms with van der Waals surface area (Å²) in [5, 5.41) is 16.8. The van der Waals surface area contributed by atoms with E-state index in [1.54, 1.807) is 6.92 Å². The average Bonchev–Trinajstić information content (AvgIpc) is 2.04. The van der Waals surface area contributed by atoms with Crippen molar-refractivity contribution < 1.29 is 15.3 Å². The summed E-state index contributed by atoms with van der Waals surface area (Å²) in [6.07, 6.45) is 2.27. The van der Waals surface area contributed by atoms with Gasteiger partial charge >= 0.3 is 0 Å². The van der Waals surface area contributed by atoms with Crippen LogP contribution >= 0.6 is 0 Å². The Hall–Kier alpha value is -0.120. The number of rotatable bonds is 4. The molecular formula is C10H24O3. The molecule has 0 spiro atoms. The van der Waals surface area contributed by atoms with Crippen LogP contribution < -0.4 is 0 Å². The maximum absolute atomic E-state index is 9.42. The summed E-state index contributed by atoms with van der Waals surface area (Å²) in [6, 6.07) is 0. The van der Waals surface area contributed by atoms with Gasteiger partial charge in [-0.3, -0.25) is 5.26 Å². The molecule has 0 radical (unpaired) electrons. The maximum atomic E-state index is 9.42. The lowest BCUT2D eigenvalue weighted by molar-refractivity contribution is -0.237. The van der Waals surface area contributed by atoms with Crippen LogP contribution in [0.15, 0.2) is 0 Å². The van der Waals surface area contributed by atoms with Crippen molar-refractivity contribution in [3.8, 4) is 0 Å². The van der Waals surface area contributed by atoms with Gasteiger partial charge in [-0.1, -0.05) is 20.3 Å². The molecule has 3 heteroatoms. The van der Waals surface area contributed by atoms with Gasteiger partial charge in [-0.25, -0.2) is 4.89 Å². The van der Waals surface area contributed by atoms with Crippen molar-refractivity contribution in [1.82, 2.24) is 0 Å². The summed E-state index contributed by atoms with van der Waals surface area (Å²) in [7, 11) is 0. The van der Waals surface area contributed by atoms with Crippen molar-refractivity contribution in [2.24, 2.45) is 5.92 Å². The Morgan fingerprint density at radius 1 is 1.31 bits per heavy atom. The lowest BCUT2D eigenvalue weighted by Gasteiger charge is -2.25. The van der Waals surface area contributed by atoms with Gasteiger partial charge in [0.05, 0.1) is 12.2 Å². The predicted molar refractivity (Wildman–Crippen MR) is 54.6 cm³/mol. The van der Waals surface area contributed by atoms with Gasteiger partial charge in [0, 0.05) is 0 Å². The van der Waals surface area contributed by atoms with E-state index >= 15 is 0 Å². The lowest BCUT2D eigenvalue weighted by atomic mass is 9.89. The third-order valence-electron chi connectivity index (χ3n) is 2.06. The minimum absolute atomic E-state index is 0.375. The Labute approximate surface area is 81.7 Å². The van der Waals surface area contributed by atoms with Crippen molar-refractivity contribution in [2.45, 2.75) is 53.1 Å². The van der Waals surface area contributed by atoms with Crippen molar-refractivity contribution in [3.63, 3.8) is 0 Å². The van der Waals surface area contributed by atoms with E-state index in [9.17, 15) is 5.11 Å². The molecule has 1 unspecified atom stereocenters. The van der Waals surface area contributed by atoms with E-state index in [2.05, 4.69) is 18.7 Å². The fourth-order valence-electron chi connectivity index (χ4n) is 0.786. The van der Waals surface area contributed by atoms with E-state index in [0.717, 1.165) is 12.8 Å². The zero-order valence-electron chi connectivity index (χ0n) is 9.50. The molecule has 13 heavy (non-hydrogen) atoms. The van der Waals surface area contributed by atoms with Crippen molar-refractivity contribution in [1.29, 1.82) is 0 Å². The molecule has 3 nitrogen and oxygen atoms in total. The van der Waals surface area contributed by atoms with Crippen LogP contribution in [0, 0.1) is 5.92 Å². The molecule has 2 N–H and O–H groups in total. The smallest absolute Gasteiger partial charge is 0.0791 e. The van der Waals surface area contributed by atoms with Gasteiger partial charge in [0.2, 0.25) is 0 Å². The summed E-state index contributed by atoms with van der Waals surface area (Å²) in [4.78, 5) is 3.54. The molecule has 0 heterocycles. The van der Waals surface area contributed by atoms with E-state index in [1.807, 2.05) is 13.8 Å². The summed E-state index contributed by atoms with van der Waals surface area (Å²) in [6.45, 7) is 10.0. The van der Waals surface area contributed by atoms with Gasteiger partial charge in [0.25, 0.3) is 0 Å². The molecule has 0 bridgehead atoms. The van der Waals surface area contributed by atoms with Crippen LogP contribution in [-0.2, 0) is 4.89 Å². The first kappa shape index (κ1) is 15.4. The molecule has 0 saturated heterocycles. The minimum atomic E-state index is -0.490. The third kappa shape index (κ3) is 11.9. The second-order valence-corrected chi connectivity index (χ2v) is 3.76. The fourth-order valence-corrected chi connectivity index (χ4v) is 0.786. The highest BCUT2D eigenvalue weighted by atomic mass is 17.1. The topological polar surface area (TPSA) is 49.7 Å². The molecule has 82 valence electrons. The highest BCUT2D eigenvalue weighted by Crippen LogP contribution is 2.19. The van der Waals surface area contributed by atoms with Crippen LogP contribution in [0.5, 0.6) is 0 Å². The molecular weight excluding hydrogens is 168 g/mol. The molecule has 0 saturated carbocycles. The van der Waals surface area contributed by atoms with Crippen LogP contribution in [0.3, 0.4) is 0 Å². The molecule has 0 aromatic carbocycles. The van der Waals surface area contributed by atoms with Crippen molar-refractivity contribution in [2.75, 3.05) is 6.61 Å². The van der Waals surface area contributed by atoms with Crippen molar-refractivity contribution in [3.05, 3.63) is 0 Å². The molecule has 1 atom stereocenters. The summed E-state index contributed by atoms with van der Waals surface area (Å²) >= 11 is 0. The van der Waals surface area contributed by atoms with Crippen LogP contribution in [-0.4, -0.2) is 22.6 Å². The maximum Gasteiger partial charge on any atom is 0.0791 e. The van der Waals surface area contributed by atoms with E-state index in [1.165, 1.54) is 0 Å². The van der Waals surface area contributed by atoms with Gasteiger partial charge in [0.15, 0.2) is 0 Å². The molecule has 0 amide bonds. The fraction of sp³-hybridized carbons (Fsp3) is 1.00. The van der Waals surface area contributed by atoms with E-state index < -0.39 is 5.60 Å². The van der Waals surface area contributed by atoms with Gasteiger partial charge in [-0.2, -0.15) is 0 Å². The Kier molecular flexibility index (Phi) is 10.0. The Morgan fingerprint density at radius 3 is 1.77 bits per heavy atom. The van der Waals surface area contributed by atoms with Crippen molar-refractivity contribution >= 4 is 0 Å². The van der Waals surface area contributed by atoms with Crippen LogP contribution in [0.25, 0.3) is 0 Å². The normalized spacial score (nSPS) is 13.2. The van der Waals surface area contributed by atoms with E-state index in [0.29, 0.717) is 12.5 Å². The highest BCUT2D eigenvalue weighted by molar-refractivity contribution is 4.72. The molecule has 0 aromatic heterocycles. The van der Waals surface area contributed by atoms with E-state index in [4.69, 9.17) is 5.26 Å². The molecule has 0 aromatic rings. The first-order valence-corrected chi connectivity index (χ1v) is 4.88. The first-order chi connectivity index (χ1) is 5.90. The quantitative estimate of drug-likeness (QED) is 0.532. The summed E-state index contributed by atoms with van der Waals surface area (Å²) < 4.78 is 0. The molecule has 0 fully saturated rings. The molecule has 0 rings (SSSR count). The van der Waals surface area contributed by atoms with Gasteiger partial charge in [0.1, 0.15) is 0 Å². The Bertz CT molecular complexity index is 94.8. The summed E-state index contributed by atoms with van der Waals surface area (Å²) in [5.74, 6) is 0.419. The highest BCUT2D eigenvalue weighted by Gasteiger charge is 2.20. The van der Waals surface area contributed by atoms with Gasteiger partial charge in [-0.05, 0) is 33.1 Å². The van der Waals surface area contributed by atoms with Gasteiger partial charge < -0.3 is 5.11 Å². The van der Waals surface area contributed by atoms with Gasteiger partial charge in [-0.15, -0.1) is 0 Å². The zero-order chi connectivity index (χ0) is 10.9. The number of hydrogen-bond acceptors (Lipinski definition) is 3. The Balaban J connectivity index is 0. The average molecular weight is 192 g/mol. The SMILES string of the molecule is CCCC(C)C(C)(C)O.CCOO. The molecule has 0 aliphatic carbocycles. The van der Waals surface area contributed by atoms with E-state index in [-0.39, 0.29) is 0 Å². The first-order valence-electron chi connectivity index (χ1n) is 4.88. The second-order valence-electron chi connectivity index (χ2n) is 3.76.